The van der Waals surface area contributed by atoms with Crippen LogP contribution in [0.1, 0.15) is 47.5 Å². The lowest BCUT2D eigenvalue weighted by molar-refractivity contribution is 0.0426. The molecule has 0 bridgehead atoms. The van der Waals surface area contributed by atoms with Crippen LogP contribution in [-0.2, 0) is 11.3 Å². The summed E-state index contributed by atoms with van der Waals surface area (Å²) in [5, 5.41) is 7.76. The molecule has 1 aromatic carbocycles. The quantitative estimate of drug-likeness (QED) is 0.562. The van der Waals surface area contributed by atoms with Crippen LogP contribution in [0.3, 0.4) is 0 Å². The Morgan fingerprint density at radius 3 is 2.54 bits per heavy atom. The highest BCUT2D eigenvalue weighted by molar-refractivity contribution is 5.91. The van der Waals surface area contributed by atoms with Crippen LogP contribution in [0, 0.1) is 6.92 Å². The minimum absolute atomic E-state index is 0.00353. The number of carbonyl (C=O) groups excluding carboxylic acids is 1. The van der Waals surface area contributed by atoms with Gasteiger partial charge in [0.2, 0.25) is 5.82 Å². The van der Waals surface area contributed by atoms with Gasteiger partial charge in [-0.25, -0.2) is 4.79 Å². The molecule has 3 aromatic rings. The van der Waals surface area contributed by atoms with E-state index in [1.165, 1.54) is 0 Å². The summed E-state index contributed by atoms with van der Waals surface area (Å²) in [6, 6.07) is 5.25. The number of carbonyl (C=O) groups is 1. The zero-order valence-electron chi connectivity index (χ0n) is 16.3. The molecule has 148 valence electrons. The summed E-state index contributed by atoms with van der Waals surface area (Å²) < 4.78 is 26.2. The van der Waals surface area contributed by atoms with Gasteiger partial charge in [-0.3, -0.25) is 0 Å². The highest BCUT2D eigenvalue weighted by Gasteiger charge is 2.24. The van der Waals surface area contributed by atoms with Crippen LogP contribution in [0.5, 0.6) is 11.5 Å². The topological polar surface area (TPSA) is 110 Å². The van der Waals surface area contributed by atoms with Gasteiger partial charge in [0.25, 0.3) is 5.89 Å². The van der Waals surface area contributed by atoms with Crippen LogP contribution < -0.4 is 9.47 Å². The van der Waals surface area contributed by atoms with E-state index in [0.717, 1.165) is 0 Å². The average molecular weight is 387 g/mol. The molecule has 2 aromatic heterocycles. The Bertz CT molecular complexity index is 976. The van der Waals surface area contributed by atoms with Crippen LogP contribution >= 0.6 is 0 Å². The molecule has 0 spiro atoms. The van der Waals surface area contributed by atoms with Crippen LogP contribution in [0.2, 0.25) is 0 Å². The SMILES string of the molecule is COc1ccc(-c2noc(COC(=O)c3c(C)noc3C(C)C)n2)cc1OC. The molecule has 0 fully saturated rings. The molecule has 9 nitrogen and oxygen atoms in total. The lowest BCUT2D eigenvalue weighted by atomic mass is 10.1. The largest absolute Gasteiger partial charge is 0.493 e. The van der Waals surface area contributed by atoms with Gasteiger partial charge in [0.1, 0.15) is 5.56 Å². The fourth-order valence-corrected chi connectivity index (χ4v) is 2.64. The van der Waals surface area contributed by atoms with Gasteiger partial charge in [0.05, 0.1) is 19.9 Å². The van der Waals surface area contributed by atoms with E-state index in [-0.39, 0.29) is 18.4 Å². The summed E-state index contributed by atoms with van der Waals surface area (Å²) in [4.78, 5) is 16.7. The summed E-state index contributed by atoms with van der Waals surface area (Å²) in [6.45, 7) is 5.34. The number of esters is 1. The van der Waals surface area contributed by atoms with E-state index in [9.17, 15) is 4.79 Å². The number of ether oxygens (including phenoxy) is 3. The molecular formula is C19H21N3O6. The predicted octanol–water partition coefficient (Wildman–Crippen LogP) is 3.53. The molecule has 0 unspecified atom stereocenters. The Balaban J connectivity index is 1.72. The van der Waals surface area contributed by atoms with Crippen molar-refractivity contribution in [2.45, 2.75) is 33.3 Å². The number of hydrogen-bond donors (Lipinski definition) is 0. The number of nitrogens with zero attached hydrogens (tertiary/aromatic N) is 3. The summed E-state index contributed by atoms with van der Waals surface area (Å²) in [7, 11) is 3.10. The molecule has 0 saturated heterocycles. The summed E-state index contributed by atoms with van der Waals surface area (Å²) in [6.07, 6.45) is 0. The number of aromatic nitrogens is 3. The van der Waals surface area contributed by atoms with E-state index in [0.29, 0.717) is 39.9 Å². The van der Waals surface area contributed by atoms with E-state index in [2.05, 4.69) is 15.3 Å². The zero-order valence-corrected chi connectivity index (χ0v) is 16.3. The molecule has 0 atom stereocenters. The van der Waals surface area contributed by atoms with Crippen LogP contribution in [-0.4, -0.2) is 35.5 Å². The minimum atomic E-state index is -0.548. The standard InChI is InChI=1S/C19H21N3O6/c1-10(2)17-16(11(3)21-28-17)19(23)26-9-15-20-18(22-27-15)12-6-7-13(24-4)14(8-12)25-5/h6-8,10H,9H2,1-5H3. The van der Waals surface area contributed by atoms with Gasteiger partial charge in [-0.15, -0.1) is 0 Å². The first kappa shape index (κ1) is 19.4. The Hall–Kier alpha value is -3.36. The van der Waals surface area contributed by atoms with E-state index in [4.69, 9.17) is 23.3 Å². The summed E-state index contributed by atoms with van der Waals surface area (Å²) in [5.41, 5.74) is 1.48. The van der Waals surface area contributed by atoms with Gasteiger partial charge < -0.3 is 23.3 Å². The van der Waals surface area contributed by atoms with Crippen LogP contribution in [0.15, 0.2) is 27.2 Å². The van der Waals surface area contributed by atoms with E-state index in [1.54, 1.807) is 39.3 Å². The molecule has 0 aliphatic heterocycles. The van der Waals surface area contributed by atoms with Crippen molar-refractivity contribution in [3.05, 3.63) is 41.1 Å². The van der Waals surface area contributed by atoms with Gasteiger partial charge in [0.15, 0.2) is 23.9 Å². The molecule has 9 heteroatoms. The van der Waals surface area contributed by atoms with Crippen LogP contribution in [0.4, 0.5) is 0 Å². The maximum Gasteiger partial charge on any atom is 0.344 e. The minimum Gasteiger partial charge on any atom is -0.493 e. The molecule has 0 aliphatic carbocycles. The first-order chi connectivity index (χ1) is 13.4. The molecule has 3 rings (SSSR count). The van der Waals surface area contributed by atoms with E-state index < -0.39 is 5.97 Å². The fraction of sp³-hybridized carbons (Fsp3) is 0.368. The number of benzene rings is 1. The van der Waals surface area contributed by atoms with E-state index in [1.807, 2.05) is 13.8 Å². The first-order valence-corrected chi connectivity index (χ1v) is 8.62. The second kappa shape index (κ2) is 8.12. The predicted molar refractivity (Wildman–Crippen MR) is 97.3 cm³/mol. The van der Waals surface area contributed by atoms with Crippen molar-refractivity contribution in [1.29, 1.82) is 0 Å². The Kier molecular flexibility index (Phi) is 5.62. The third kappa shape index (κ3) is 3.83. The van der Waals surface area contributed by atoms with Crippen molar-refractivity contribution in [1.82, 2.24) is 15.3 Å². The Labute approximate surface area is 161 Å². The molecule has 0 saturated carbocycles. The second-order valence-corrected chi connectivity index (χ2v) is 6.32. The van der Waals surface area contributed by atoms with Crippen molar-refractivity contribution in [2.24, 2.45) is 0 Å². The molecular weight excluding hydrogens is 366 g/mol. The van der Waals surface area contributed by atoms with Gasteiger partial charge in [0, 0.05) is 11.5 Å². The molecule has 0 N–H and O–H groups in total. The van der Waals surface area contributed by atoms with Crippen LogP contribution in [0.25, 0.3) is 11.4 Å². The molecule has 28 heavy (non-hydrogen) atoms. The monoisotopic (exact) mass is 387 g/mol. The lowest BCUT2D eigenvalue weighted by Gasteiger charge is -2.07. The highest BCUT2D eigenvalue weighted by atomic mass is 16.6. The maximum absolute atomic E-state index is 12.4. The number of methoxy groups -OCH3 is 2. The molecule has 0 aliphatic rings. The van der Waals surface area contributed by atoms with Gasteiger partial charge >= 0.3 is 5.97 Å². The Morgan fingerprint density at radius 2 is 1.86 bits per heavy atom. The smallest absolute Gasteiger partial charge is 0.344 e. The van der Waals surface area contributed by atoms with E-state index >= 15 is 0 Å². The molecule has 0 amide bonds. The normalized spacial score (nSPS) is 10.9. The van der Waals surface area contributed by atoms with Gasteiger partial charge in [-0.05, 0) is 25.1 Å². The third-order valence-electron chi connectivity index (χ3n) is 4.05. The van der Waals surface area contributed by atoms with Crippen molar-refractivity contribution < 1.29 is 28.1 Å². The lowest BCUT2D eigenvalue weighted by Crippen LogP contribution is -2.09. The zero-order chi connectivity index (χ0) is 20.3. The fourth-order valence-electron chi connectivity index (χ4n) is 2.64. The second-order valence-electron chi connectivity index (χ2n) is 6.32. The third-order valence-corrected chi connectivity index (χ3v) is 4.05. The van der Waals surface area contributed by atoms with Crippen molar-refractivity contribution in [3.8, 4) is 22.9 Å². The summed E-state index contributed by atoms with van der Waals surface area (Å²) >= 11 is 0. The van der Waals surface area contributed by atoms with Crippen molar-refractivity contribution >= 4 is 5.97 Å². The Morgan fingerprint density at radius 1 is 1.11 bits per heavy atom. The van der Waals surface area contributed by atoms with Gasteiger partial charge in [-0.2, -0.15) is 4.98 Å². The van der Waals surface area contributed by atoms with Crippen molar-refractivity contribution in [3.63, 3.8) is 0 Å². The van der Waals surface area contributed by atoms with Gasteiger partial charge in [-0.1, -0.05) is 24.2 Å². The molecule has 2 heterocycles. The molecule has 0 radical (unpaired) electrons. The number of rotatable bonds is 7. The highest BCUT2D eigenvalue weighted by Crippen LogP contribution is 2.31. The number of aryl methyl sites for hydroxylation is 1. The average Bonchev–Trinajstić information content (AvgIpc) is 3.32. The maximum atomic E-state index is 12.4. The number of hydrogen-bond acceptors (Lipinski definition) is 9. The summed E-state index contributed by atoms with van der Waals surface area (Å²) in [5.74, 6) is 1.58. The van der Waals surface area contributed by atoms with Crippen molar-refractivity contribution in [2.75, 3.05) is 14.2 Å². The first-order valence-electron chi connectivity index (χ1n) is 8.62.